The highest BCUT2D eigenvalue weighted by molar-refractivity contribution is 6.20. The summed E-state index contributed by atoms with van der Waals surface area (Å²) in [6, 6.07) is 48.8. The zero-order chi connectivity index (χ0) is 23.9. The molecule has 0 N–H and O–H groups in total. The van der Waals surface area contributed by atoms with Crippen LogP contribution in [-0.4, -0.2) is 0 Å². The summed E-state index contributed by atoms with van der Waals surface area (Å²) in [5.74, 6) is 0. The van der Waals surface area contributed by atoms with E-state index in [0.717, 1.165) is 44.4 Å². The van der Waals surface area contributed by atoms with Crippen molar-refractivity contribution in [2.45, 2.75) is 0 Å². The smallest absolute Gasteiger partial charge is 0.159 e. The van der Waals surface area contributed by atoms with Crippen molar-refractivity contribution in [1.82, 2.24) is 0 Å². The first-order valence-electron chi connectivity index (χ1n) is 12.2. The summed E-state index contributed by atoms with van der Waals surface area (Å²) in [7, 11) is 0. The summed E-state index contributed by atoms with van der Waals surface area (Å²) >= 11 is 0. The molecule has 0 radical (unpaired) electrons. The van der Waals surface area contributed by atoms with Gasteiger partial charge in [-0.1, -0.05) is 103 Å². The minimum absolute atomic E-state index is 0.885. The third-order valence-electron chi connectivity index (χ3n) is 6.84. The third kappa shape index (κ3) is 3.27. The van der Waals surface area contributed by atoms with Crippen molar-refractivity contribution in [3.63, 3.8) is 0 Å². The molecule has 2 heteroatoms. The van der Waals surface area contributed by atoms with Crippen LogP contribution in [0.4, 0.5) is 17.1 Å². The highest BCUT2D eigenvalue weighted by atomic mass is 16.3. The monoisotopic (exact) mass is 461 g/mol. The van der Waals surface area contributed by atoms with Crippen LogP contribution in [0.5, 0.6) is 0 Å². The number of benzene rings is 6. The average molecular weight is 462 g/mol. The molecular formula is C34H23NO. The number of hydrogen-bond acceptors (Lipinski definition) is 2. The molecule has 7 rings (SSSR count). The van der Waals surface area contributed by atoms with Gasteiger partial charge in [0, 0.05) is 27.5 Å². The van der Waals surface area contributed by atoms with E-state index in [4.69, 9.17) is 4.42 Å². The Labute approximate surface area is 209 Å². The standard InChI is InChI=1S/C34H23NO/c1-4-13-24(14-5-1)30-23-31-29-21-12-22-32(34(29)36-33(31)28-20-11-10-19-27(28)30)35(25-15-6-2-7-16-25)26-17-8-3-9-18-26/h1-23H. The molecule has 0 fully saturated rings. The fourth-order valence-corrected chi connectivity index (χ4v) is 5.22. The van der Waals surface area contributed by atoms with Gasteiger partial charge >= 0.3 is 0 Å². The van der Waals surface area contributed by atoms with Crippen molar-refractivity contribution in [3.8, 4) is 11.1 Å². The quantitative estimate of drug-likeness (QED) is 0.259. The maximum atomic E-state index is 6.77. The Morgan fingerprint density at radius 1 is 0.417 bits per heavy atom. The molecule has 7 aromatic rings. The zero-order valence-electron chi connectivity index (χ0n) is 19.6. The summed E-state index contributed by atoms with van der Waals surface area (Å²) < 4.78 is 6.77. The molecule has 1 heterocycles. The van der Waals surface area contributed by atoms with Gasteiger partial charge in [0.25, 0.3) is 0 Å². The second-order valence-corrected chi connectivity index (χ2v) is 8.97. The molecule has 0 amide bonds. The van der Waals surface area contributed by atoms with Crippen LogP contribution in [0.2, 0.25) is 0 Å². The minimum atomic E-state index is 0.885. The second kappa shape index (κ2) is 8.44. The van der Waals surface area contributed by atoms with E-state index in [1.54, 1.807) is 0 Å². The van der Waals surface area contributed by atoms with Crippen molar-refractivity contribution in [3.05, 3.63) is 140 Å². The fraction of sp³-hybridized carbons (Fsp3) is 0. The molecule has 1 aromatic heterocycles. The SMILES string of the molecule is c1ccc(-c2cc3c4cccc(N(c5ccccc5)c5ccccc5)c4oc3c3ccccc23)cc1. The van der Waals surface area contributed by atoms with Crippen molar-refractivity contribution in [1.29, 1.82) is 0 Å². The van der Waals surface area contributed by atoms with Crippen LogP contribution < -0.4 is 4.90 Å². The van der Waals surface area contributed by atoms with Gasteiger partial charge in [0.2, 0.25) is 0 Å². The molecule has 0 atom stereocenters. The number of furan rings is 1. The maximum Gasteiger partial charge on any atom is 0.159 e. The first-order chi connectivity index (χ1) is 17.9. The molecule has 0 unspecified atom stereocenters. The van der Waals surface area contributed by atoms with E-state index in [1.807, 2.05) is 12.1 Å². The van der Waals surface area contributed by atoms with Crippen LogP contribution >= 0.6 is 0 Å². The lowest BCUT2D eigenvalue weighted by atomic mass is 9.95. The molecule has 0 aliphatic rings. The van der Waals surface area contributed by atoms with Gasteiger partial charge in [0.1, 0.15) is 5.58 Å². The lowest BCUT2D eigenvalue weighted by Crippen LogP contribution is -2.09. The Kier molecular flexibility index (Phi) is 4.82. The minimum Gasteiger partial charge on any atom is -0.453 e. The van der Waals surface area contributed by atoms with Crippen molar-refractivity contribution < 1.29 is 4.42 Å². The van der Waals surface area contributed by atoms with Crippen LogP contribution in [0.1, 0.15) is 0 Å². The van der Waals surface area contributed by atoms with Gasteiger partial charge in [-0.3, -0.25) is 0 Å². The molecule has 0 spiro atoms. The molecule has 0 saturated heterocycles. The highest BCUT2D eigenvalue weighted by Crippen LogP contribution is 2.45. The molecule has 0 bridgehead atoms. The van der Waals surface area contributed by atoms with Crippen LogP contribution in [0.15, 0.2) is 144 Å². The summed E-state index contributed by atoms with van der Waals surface area (Å²) in [4.78, 5) is 2.27. The Hall–Kier alpha value is -4.82. The summed E-state index contributed by atoms with van der Waals surface area (Å²) in [5.41, 5.74) is 7.43. The molecular weight excluding hydrogens is 438 g/mol. The summed E-state index contributed by atoms with van der Waals surface area (Å²) in [6.07, 6.45) is 0. The van der Waals surface area contributed by atoms with E-state index in [9.17, 15) is 0 Å². The van der Waals surface area contributed by atoms with E-state index >= 15 is 0 Å². The maximum absolute atomic E-state index is 6.77. The van der Waals surface area contributed by atoms with Crippen LogP contribution in [0, 0.1) is 0 Å². The van der Waals surface area contributed by atoms with E-state index in [1.165, 1.54) is 16.5 Å². The van der Waals surface area contributed by atoms with Crippen molar-refractivity contribution in [2.24, 2.45) is 0 Å². The number of anilines is 3. The van der Waals surface area contributed by atoms with Gasteiger partial charge in [-0.25, -0.2) is 0 Å². The normalized spacial score (nSPS) is 11.3. The number of para-hydroxylation sites is 3. The first-order valence-corrected chi connectivity index (χ1v) is 12.2. The third-order valence-corrected chi connectivity index (χ3v) is 6.84. The molecule has 0 aliphatic carbocycles. The van der Waals surface area contributed by atoms with E-state index in [2.05, 4.69) is 132 Å². The highest BCUT2D eigenvalue weighted by Gasteiger charge is 2.20. The lowest BCUT2D eigenvalue weighted by Gasteiger charge is -2.25. The van der Waals surface area contributed by atoms with E-state index in [0.29, 0.717) is 0 Å². The van der Waals surface area contributed by atoms with E-state index < -0.39 is 0 Å². The molecule has 6 aromatic carbocycles. The van der Waals surface area contributed by atoms with Crippen molar-refractivity contribution >= 4 is 49.8 Å². The van der Waals surface area contributed by atoms with Crippen LogP contribution in [0.3, 0.4) is 0 Å². The number of nitrogens with zero attached hydrogens (tertiary/aromatic N) is 1. The molecule has 2 nitrogen and oxygen atoms in total. The van der Waals surface area contributed by atoms with Gasteiger partial charge in [0.15, 0.2) is 5.58 Å². The molecule has 0 aliphatic heterocycles. The predicted octanol–water partition coefficient (Wildman–Crippen LogP) is 9.88. The van der Waals surface area contributed by atoms with Gasteiger partial charge in [0.05, 0.1) is 5.69 Å². The molecule has 0 saturated carbocycles. The Morgan fingerprint density at radius 3 is 1.61 bits per heavy atom. The molecule has 170 valence electrons. The largest absolute Gasteiger partial charge is 0.453 e. The van der Waals surface area contributed by atoms with Crippen LogP contribution in [-0.2, 0) is 0 Å². The van der Waals surface area contributed by atoms with Crippen molar-refractivity contribution in [2.75, 3.05) is 4.90 Å². The topological polar surface area (TPSA) is 16.4 Å². The summed E-state index contributed by atoms with van der Waals surface area (Å²) in [6.45, 7) is 0. The summed E-state index contributed by atoms with van der Waals surface area (Å²) in [5, 5.41) is 4.56. The average Bonchev–Trinajstić information content (AvgIpc) is 3.34. The predicted molar refractivity (Wildman–Crippen MR) is 151 cm³/mol. The van der Waals surface area contributed by atoms with E-state index in [-0.39, 0.29) is 0 Å². The number of fused-ring (bicyclic) bond motifs is 5. The van der Waals surface area contributed by atoms with Crippen LogP contribution in [0.25, 0.3) is 43.8 Å². The van der Waals surface area contributed by atoms with Gasteiger partial charge < -0.3 is 9.32 Å². The molecule has 36 heavy (non-hydrogen) atoms. The first kappa shape index (κ1) is 20.5. The van der Waals surface area contributed by atoms with Gasteiger partial charge in [-0.2, -0.15) is 0 Å². The Bertz CT molecular complexity index is 1780. The zero-order valence-corrected chi connectivity index (χ0v) is 19.6. The Balaban J connectivity index is 1.56. The number of rotatable bonds is 4. The Morgan fingerprint density at radius 2 is 0.944 bits per heavy atom. The lowest BCUT2D eigenvalue weighted by molar-refractivity contribution is 0.673. The second-order valence-electron chi connectivity index (χ2n) is 8.97. The van der Waals surface area contributed by atoms with Gasteiger partial charge in [-0.05, 0) is 52.9 Å². The fourth-order valence-electron chi connectivity index (χ4n) is 5.22. The number of hydrogen-bond donors (Lipinski definition) is 0. The van der Waals surface area contributed by atoms with Gasteiger partial charge in [-0.15, -0.1) is 0 Å².